The lowest BCUT2D eigenvalue weighted by Gasteiger charge is -2.23. The molecule has 2 unspecified atom stereocenters. The van der Waals surface area contributed by atoms with Crippen LogP contribution < -0.4 is 16.0 Å². The van der Waals surface area contributed by atoms with Crippen molar-refractivity contribution >= 4 is 41.0 Å². The molecule has 5 aromatic rings. The van der Waals surface area contributed by atoms with Gasteiger partial charge in [-0.1, -0.05) is 97.1 Å². The fourth-order valence-electron chi connectivity index (χ4n) is 5.52. The summed E-state index contributed by atoms with van der Waals surface area (Å²) >= 11 is 0. The number of hydrogen-bond donors (Lipinski definition) is 4. The van der Waals surface area contributed by atoms with E-state index in [9.17, 15) is 19.2 Å². The number of carbonyl (C=O) groups is 4. The van der Waals surface area contributed by atoms with Crippen LogP contribution >= 0.6 is 0 Å². The minimum atomic E-state index is -1.33. The molecule has 49 heavy (non-hydrogen) atoms. The SMILES string of the molecule is CC1(c2ccc(CNc3nc4ccccc4[nH]3)cc2)NC(=O)N(CCC(NC(=O)OCc2ccccc2)C(=O)OCc2ccccc2)C1=O. The van der Waals surface area contributed by atoms with Crippen LogP contribution in [0.2, 0.25) is 0 Å². The van der Waals surface area contributed by atoms with Gasteiger partial charge in [0.2, 0.25) is 5.95 Å². The highest BCUT2D eigenvalue weighted by molar-refractivity contribution is 6.07. The van der Waals surface area contributed by atoms with Crippen molar-refractivity contribution in [1.82, 2.24) is 25.5 Å². The van der Waals surface area contributed by atoms with Crippen LogP contribution in [0.25, 0.3) is 11.0 Å². The molecule has 1 saturated heterocycles. The van der Waals surface area contributed by atoms with E-state index in [1.54, 1.807) is 31.2 Å². The minimum Gasteiger partial charge on any atom is -0.459 e. The monoisotopic (exact) mass is 660 g/mol. The molecule has 0 aliphatic carbocycles. The first-order chi connectivity index (χ1) is 23.8. The number of ether oxygens (including phenoxy) is 2. The molecule has 1 aromatic heterocycles. The Labute approximate surface area is 282 Å². The fraction of sp³-hybridized carbons (Fsp3) is 0.216. The maximum absolute atomic E-state index is 13.7. The number of imidazole rings is 1. The van der Waals surface area contributed by atoms with Crippen LogP contribution in [0.4, 0.5) is 15.5 Å². The topological polar surface area (TPSA) is 155 Å². The van der Waals surface area contributed by atoms with E-state index in [4.69, 9.17) is 9.47 Å². The number of nitrogens with zero attached hydrogens (tertiary/aromatic N) is 2. The van der Waals surface area contributed by atoms with Crippen LogP contribution in [0.5, 0.6) is 0 Å². The van der Waals surface area contributed by atoms with E-state index < -0.39 is 35.6 Å². The normalized spacial score (nSPS) is 16.2. The average Bonchev–Trinajstić information content (AvgIpc) is 3.65. The van der Waals surface area contributed by atoms with E-state index in [0.29, 0.717) is 18.1 Å². The Hall–Kier alpha value is -6.17. The zero-order valence-corrected chi connectivity index (χ0v) is 26.8. The van der Waals surface area contributed by atoms with Gasteiger partial charge in [0.15, 0.2) is 0 Å². The molecule has 12 heteroatoms. The highest BCUT2D eigenvalue weighted by Crippen LogP contribution is 2.29. The molecule has 4 aromatic carbocycles. The number of aromatic amines is 1. The summed E-state index contributed by atoms with van der Waals surface area (Å²) in [5.74, 6) is -0.553. The number of fused-ring (bicyclic) bond motifs is 1. The second-order valence-electron chi connectivity index (χ2n) is 11.8. The molecule has 1 fully saturated rings. The first kappa shape index (κ1) is 32.8. The van der Waals surface area contributed by atoms with Crippen LogP contribution in [-0.4, -0.2) is 51.5 Å². The van der Waals surface area contributed by atoms with Crippen molar-refractivity contribution in [3.05, 3.63) is 131 Å². The number of hydrogen-bond acceptors (Lipinski definition) is 8. The van der Waals surface area contributed by atoms with Gasteiger partial charge in [0.05, 0.1) is 11.0 Å². The molecule has 0 radical (unpaired) electrons. The van der Waals surface area contributed by atoms with Gasteiger partial charge in [-0.15, -0.1) is 0 Å². The van der Waals surface area contributed by atoms with Crippen LogP contribution in [0.1, 0.15) is 35.6 Å². The van der Waals surface area contributed by atoms with Gasteiger partial charge in [-0.3, -0.25) is 9.69 Å². The third-order valence-corrected chi connectivity index (χ3v) is 8.31. The van der Waals surface area contributed by atoms with Crippen molar-refractivity contribution in [3.63, 3.8) is 0 Å². The number of nitrogens with one attached hydrogen (secondary N) is 4. The molecule has 2 heterocycles. The maximum Gasteiger partial charge on any atom is 0.408 e. The quantitative estimate of drug-likeness (QED) is 0.0971. The van der Waals surface area contributed by atoms with Gasteiger partial charge in [0, 0.05) is 13.1 Å². The molecule has 1 aliphatic rings. The molecule has 0 spiro atoms. The van der Waals surface area contributed by atoms with Gasteiger partial charge >= 0.3 is 18.1 Å². The molecule has 0 bridgehead atoms. The summed E-state index contributed by atoms with van der Waals surface area (Å²) in [6, 6.07) is 31.5. The van der Waals surface area contributed by atoms with Gasteiger partial charge in [-0.05, 0) is 47.7 Å². The van der Waals surface area contributed by atoms with E-state index in [1.807, 2.05) is 84.9 Å². The lowest BCUT2D eigenvalue weighted by atomic mass is 9.91. The molecular weight excluding hydrogens is 624 g/mol. The van der Waals surface area contributed by atoms with Gasteiger partial charge in [-0.2, -0.15) is 0 Å². The summed E-state index contributed by atoms with van der Waals surface area (Å²) in [6.07, 6.45) is -0.919. The Kier molecular flexibility index (Phi) is 9.84. The number of imide groups is 1. The maximum atomic E-state index is 13.7. The lowest BCUT2D eigenvalue weighted by Crippen LogP contribution is -2.45. The molecule has 2 atom stereocenters. The second-order valence-corrected chi connectivity index (χ2v) is 11.8. The van der Waals surface area contributed by atoms with Gasteiger partial charge in [-0.25, -0.2) is 19.4 Å². The van der Waals surface area contributed by atoms with Gasteiger partial charge < -0.3 is 30.4 Å². The number of amides is 4. The summed E-state index contributed by atoms with van der Waals surface area (Å²) in [5.41, 5.74) is 3.56. The molecule has 4 amide bonds. The third kappa shape index (κ3) is 7.87. The predicted molar refractivity (Wildman–Crippen MR) is 182 cm³/mol. The Balaban J connectivity index is 1.08. The molecule has 250 valence electrons. The number of alkyl carbamates (subject to hydrolysis) is 1. The Morgan fingerprint density at radius 1 is 0.816 bits per heavy atom. The number of aromatic nitrogens is 2. The Morgan fingerprint density at radius 2 is 1.45 bits per heavy atom. The number of esters is 1. The van der Waals surface area contributed by atoms with Gasteiger partial charge in [0.1, 0.15) is 24.8 Å². The smallest absolute Gasteiger partial charge is 0.408 e. The molecule has 6 rings (SSSR count). The first-order valence-electron chi connectivity index (χ1n) is 15.9. The van der Waals surface area contributed by atoms with Crippen molar-refractivity contribution in [1.29, 1.82) is 0 Å². The van der Waals surface area contributed by atoms with E-state index in [2.05, 4.69) is 25.9 Å². The average molecular weight is 661 g/mol. The number of anilines is 1. The van der Waals surface area contributed by atoms with Crippen LogP contribution in [0.3, 0.4) is 0 Å². The zero-order chi connectivity index (χ0) is 34.2. The fourth-order valence-corrected chi connectivity index (χ4v) is 5.52. The lowest BCUT2D eigenvalue weighted by molar-refractivity contribution is -0.148. The summed E-state index contributed by atoms with van der Waals surface area (Å²) in [7, 11) is 0. The molecular formula is C37H36N6O6. The van der Waals surface area contributed by atoms with E-state index in [0.717, 1.165) is 32.6 Å². The van der Waals surface area contributed by atoms with Crippen LogP contribution in [0.15, 0.2) is 109 Å². The van der Waals surface area contributed by atoms with E-state index >= 15 is 0 Å². The number of H-pyrrole nitrogens is 1. The predicted octanol–water partition coefficient (Wildman–Crippen LogP) is 5.37. The zero-order valence-electron chi connectivity index (χ0n) is 26.8. The van der Waals surface area contributed by atoms with Crippen LogP contribution in [0, 0.1) is 0 Å². The second kappa shape index (κ2) is 14.7. The van der Waals surface area contributed by atoms with Crippen LogP contribution in [-0.2, 0) is 44.4 Å². The van der Waals surface area contributed by atoms with Crippen molar-refractivity contribution < 1.29 is 28.7 Å². The molecule has 12 nitrogen and oxygen atoms in total. The number of para-hydroxylation sites is 2. The van der Waals surface area contributed by atoms with Crippen molar-refractivity contribution in [3.8, 4) is 0 Å². The minimum absolute atomic E-state index is 0.00140. The number of urea groups is 1. The van der Waals surface area contributed by atoms with Gasteiger partial charge in [0.25, 0.3) is 5.91 Å². The largest absolute Gasteiger partial charge is 0.459 e. The Morgan fingerprint density at radius 3 is 2.12 bits per heavy atom. The number of benzene rings is 4. The van der Waals surface area contributed by atoms with Crippen molar-refractivity contribution in [2.45, 2.75) is 44.7 Å². The third-order valence-electron chi connectivity index (χ3n) is 8.31. The standard InChI is InChI=1S/C37H36N6O6/c1-37(28-18-16-25(17-19-28)22-38-34-39-29-14-8-9-15-30(29)40-34)33(45)43(35(46)42-37)21-20-31(32(44)48-23-26-10-4-2-5-11-26)41-36(47)49-24-27-12-6-3-7-13-27/h2-19,31H,20-24H2,1H3,(H,41,47)(H,42,46)(H2,38,39,40). The summed E-state index contributed by atoms with van der Waals surface area (Å²) in [5, 5.41) is 8.61. The number of carbonyl (C=O) groups excluding carboxylic acids is 4. The molecule has 0 saturated carbocycles. The van der Waals surface area contributed by atoms with Crippen molar-refractivity contribution in [2.75, 3.05) is 11.9 Å². The molecule has 1 aliphatic heterocycles. The highest BCUT2D eigenvalue weighted by atomic mass is 16.6. The highest BCUT2D eigenvalue weighted by Gasteiger charge is 2.49. The summed E-state index contributed by atoms with van der Waals surface area (Å²) < 4.78 is 10.8. The number of rotatable bonds is 13. The van der Waals surface area contributed by atoms with E-state index in [1.165, 1.54) is 0 Å². The summed E-state index contributed by atoms with van der Waals surface area (Å²) in [4.78, 5) is 61.4. The molecule has 4 N–H and O–H groups in total. The summed E-state index contributed by atoms with van der Waals surface area (Å²) in [6.45, 7) is 1.97. The first-order valence-corrected chi connectivity index (χ1v) is 15.9. The Bertz CT molecular complexity index is 1900. The van der Waals surface area contributed by atoms with Crippen molar-refractivity contribution in [2.24, 2.45) is 0 Å². The van der Waals surface area contributed by atoms with E-state index in [-0.39, 0.29) is 26.2 Å².